The van der Waals surface area contributed by atoms with Gasteiger partial charge in [0.15, 0.2) is 0 Å². The summed E-state index contributed by atoms with van der Waals surface area (Å²) < 4.78 is 6.27. The lowest BCUT2D eigenvalue weighted by atomic mass is 9.68. The Balaban J connectivity index is 1.99. The van der Waals surface area contributed by atoms with Gasteiger partial charge in [-0.25, -0.2) is 0 Å². The molecule has 2 aromatic rings. The number of piperidine rings is 1. The van der Waals surface area contributed by atoms with Crippen LogP contribution in [0, 0.1) is 6.92 Å². The van der Waals surface area contributed by atoms with E-state index in [1.807, 2.05) is 24.3 Å². The van der Waals surface area contributed by atoms with Crippen LogP contribution in [0.2, 0.25) is 0 Å². The molecule has 120 valence electrons. The van der Waals surface area contributed by atoms with Crippen molar-refractivity contribution in [2.45, 2.75) is 44.2 Å². The van der Waals surface area contributed by atoms with Crippen LogP contribution >= 0.6 is 0 Å². The van der Waals surface area contributed by atoms with Gasteiger partial charge in [0, 0.05) is 29.1 Å². The van der Waals surface area contributed by atoms with Gasteiger partial charge in [-0.2, -0.15) is 0 Å². The number of para-hydroxylation sites is 2. The molecule has 23 heavy (non-hydrogen) atoms. The van der Waals surface area contributed by atoms with Gasteiger partial charge in [0.1, 0.15) is 17.1 Å². The number of hydrogen-bond acceptors (Lipinski definition) is 3. The second-order valence-electron chi connectivity index (χ2n) is 7.51. The summed E-state index contributed by atoms with van der Waals surface area (Å²) in [4.78, 5) is 0. The van der Waals surface area contributed by atoms with E-state index in [2.05, 4.69) is 44.3 Å². The standard InChI is InChI=1S/C20H23NO2/c1-13-7-6-8-14-16-11-19(2,3)21-12-20(16,22)15-9-4-5-10-17(15)23-18(13)14/h4-10,16,21-22H,11-12H2,1-3H3/t16-,20-/m0/s1. The average molecular weight is 309 g/mol. The molecule has 0 unspecified atom stereocenters. The zero-order valence-electron chi connectivity index (χ0n) is 13.9. The summed E-state index contributed by atoms with van der Waals surface area (Å²) in [6.07, 6.45) is 0.859. The summed E-state index contributed by atoms with van der Waals surface area (Å²) in [6.45, 7) is 6.98. The first-order valence-corrected chi connectivity index (χ1v) is 8.25. The Morgan fingerprint density at radius 1 is 1.13 bits per heavy atom. The molecule has 0 bridgehead atoms. The maximum atomic E-state index is 11.7. The third-order valence-electron chi connectivity index (χ3n) is 5.31. The van der Waals surface area contributed by atoms with Gasteiger partial charge in [-0.1, -0.05) is 36.4 Å². The third kappa shape index (κ3) is 2.19. The van der Waals surface area contributed by atoms with Gasteiger partial charge in [0.2, 0.25) is 0 Å². The molecule has 0 aromatic heterocycles. The molecule has 1 saturated heterocycles. The quantitative estimate of drug-likeness (QED) is 0.777. The number of fused-ring (bicyclic) bond motifs is 5. The summed E-state index contributed by atoms with van der Waals surface area (Å²) >= 11 is 0. The van der Waals surface area contributed by atoms with E-state index >= 15 is 0 Å². The molecule has 2 heterocycles. The Morgan fingerprint density at radius 2 is 1.91 bits per heavy atom. The molecule has 0 spiro atoms. The summed E-state index contributed by atoms with van der Waals surface area (Å²) in [5, 5.41) is 15.2. The summed E-state index contributed by atoms with van der Waals surface area (Å²) in [7, 11) is 0. The summed E-state index contributed by atoms with van der Waals surface area (Å²) in [5.74, 6) is 1.67. The highest BCUT2D eigenvalue weighted by Gasteiger charge is 2.50. The minimum absolute atomic E-state index is 0.0114. The number of β-amino-alcohol motifs (C(OH)–C–C–N with tert-alkyl or cyclic N) is 1. The summed E-state index contributed by atoms with van der Waals surface area (Å²) in [5.41, 5.74) is 2.13. The Labute approximate surface area is 137 Å². The van der Waals surface area contributed by atoms with Crippen molar-refractivity contribution >= 4 is 0 Å². The maximum Gasteiger partial charge on any atom is 0.133 e. The van der Waals surface area contributed by atoms with Crippen LogP contribution in [0.4, 0.5) is 0 Å². The number of aryl methyl sites for hydroxylation is 1. The Morgan fingerprint density at radius 3 is 2.74 bits per heavy atom. The molecule has 0 amide bonds. The van der Waals surface area contributed by atoms with E-state index in [-0.39, 0.29) is 11.5 Å². The van der Waals surface area contributed by atoms with Crippen LogP contribution in [0.5, 0.6) is 11.5 Å². The molecule has 2 aliphatic heterocycles. The fourth-order valence-electron chi connectivity index (χ4n) is 4.01. The van der Waals surface area contributed by atoms with Crippen molar-refractivity contribution in [2.75, 3.05) is 6.54 Å². The van der Waals surface area contributed by atoms with Crippen LogP contribution in [-0.4, -0.2) is 17.2 Å². The fourth-order valence-corrected chi connectivity index (χ4v) is 4.01. The molecule has 2 aromatic carbocycles. The Kier molecular flexibility index (Phi) is 3.09. The van der Waals surface area contributed by atoms with Gasteiger partial charge in [-0.05, 0) is 38.8 Å². The van der Waals surface area contributed by atoms with Gasteiger partial charge in [0.25, 0.3) is 0 Å². The van der Waals surface area contributed by atoms with Crippen molar-refractivity contribution in [3.63, 3.8) is 0 Å². The van der Waals surface area contributed by atoms with E-state index in [4.69, 9.17) is 4.74 Å². The van der Waals surface area contributed by atoms with Crippen molar-refractivity contribution in [3.8, 4) is 11.5 Å². The van der Waals surface area contributed by atoms with Crippen molar-refractivity contribution in [2.24, 2.45) is 0 Å². The molecule has 3 nitrogen and oxygen atoms in total. The highest BCUT2D eigenvalue weighted by atomic mass is 16.5. The van der Waals surface area contributed by atoms with Crippen LogP contribution in [0.3, 0.4) is 0 Å². The molecule has 2 atom stereocenters. The maximum absolute atomic E-state index is 11.7. The van der Waals surface area contributed by atoms with E-state index < -0.39 is 5.60 Å². The normalized spacial score (nSPS) is 27.9. The van der Waals surface area contributed by atoms with Gasteiger partial charge < -0.3 is 15.2 Å². The monoisotopic (exact) mass is 309 g/mol. The molecule has 4 rings (SSSR count). The molecule has 3 heteroatoms. The molecule has 0 aliphatic carbocycles. The SMILES string of the molecule is Cc1cccc2c1Oc1ccccc1[C@@]1(O)CNC(C)(C)C[C@@H]21. The van der Waals surface area contributed by atoms with Crippen LogP contribution < -0.4 is 10.1 Å². The topological polar surface area (TPSA) is 41.5 Å². The van der Waals surface area contributed by atoms with Crippen molar-refractivity contribution < 1.29 is 9.84 Å². The molecular weight excluding hydrogens is 286 g/mol. The second-order valence-corrected chi connectivity index (χ2v) is 7.51. The van der Waals surface area contributed by atoms with Gasteiger partial charge in [0.05, 0.1) is 0 Å². The number of rotatable bonds is 0. The number of hydrogen-bond donors (Lipinski definition) is 2. The first kappa shape index (κ1) is 14.7. The van der Waals surface area contributed by atoms with Gasteiger partial charge >= 0.3 is 0 Å². The lowest BCUT2D eigenvalue weighted by Crippen LogP contribution is -2.57. The van der Waals surface area contributed by atoms with Gasteiger partial charge in [-0.15, -0.1) is 0 Å². The van der Waals surface area contributed by atoms with Crippen LogP contribution in [0.1, 0.15) is 42.9 Å². The van der Waals surface area contributed by atoms with E-state index in [0.717, 1.165) is 34.6 Å². The zero-order valence-corrected chi connectivity index (χ0v) is 13.9. The van der Waals surface area contributed by atoms with E-state index in [1.54, 1.807) is 0 Å². The minimum atomic E-state index is -0.953. The molecule has 0 radical (unpaired) electrons. The predicted molar refractivity (Wildman–Crippen MR) is 91.0 cm³/mol. The number of aliphatic hydroxyl groups is 1. The highest BCUT2D eigenvalue weighted by molar-refractivity contribution is 5.54. The van der Waals surface area contributed by atoms with Crippen molar-refractivity contribution in [1.29, 1.82) is 0 Å². The number of benzene rings is 2. The van der Waals surface area contributed by atoms with Gasteiger partial charge in [-0.3, -0.25) is 0 Å². The first-order valence-electron chi connectivity index (χ1n) is 8.25. The van der Waals surface area contributed by atoms with Crippen LogP contribution in [0.25, 0.3) is 0 Å². The molecular formula is C20H23NO2. The number of nitrogens with one attached hydrogen (secondary N) is 1. The molecule has 2 aliphatic rings. The molecule has 2 N–H and O–H groups in total. The molecule has 1 fully saturated rings. The first-order chi connectivity index (χ1) is 10.9. The highest BCUT2D eigenvalue weighted by Crippen LogP contribution is 2.53. The lowest BCUT2D eigenvalue weighted by molar-refractivity contribution is -0.0317. The zero-order chi connectivity index (χ0) is 16.2. The largest absolute Gasteiger partial charge is 0.456 e. The Bertz CT molecular complexity index is 768. The lowest BCUT2D eigenvalue weighted by Gasteiger charge is -2.47. The second kappa shape index (κ2) is 4.83. The summed E-state index contributed by atoms with van der Waals surface area (Å²) in [6, 6.07) is 14.1. The van der Waals surface area contributed by atoms with Crippen LogP contribution in [-0.2, 0) is 5.60 Å². The smallest absolute Gasteiger partial charge is 0.133 e. The van der Waals surface area contributed by atoms with Crippen molar-refractivity contribution in [1.82, 2.24) is 5.32 Å². The Hall–Kier alpha value is -1.84. The van der Waals surface area contributed by atoms with Crippen LogP contribution in [0.15, 0.2) is 42.5 Å². The van der Waals surface area contributed by atoms with E-state index in [0.29, 0.717) is 6.54 Å². The van der Waals surface area contributed by atoms with E-state index in [1.165, 1.54) is 0 Å². The van der Waals surface area contributed by atoms with Crippen molar-refractivity contribution in [3.05, 3.63) is 59.2 Å². The fraction of sp³-hybridized carbons (Fsp3) is 0.400. The predicted octanol–water partition coefficient (Wildman–Crippen LogP) is 3.84. The minimum Gasteiger partial charge on any atom is -0.456 e. The third-order valence-corrected chi connectivity index (χ3v) is 5.31. The average Bonchev–Trinajstić information content (AvgIpc) is 2.62. The van der Waals surface area contributed by atoms with E-state index in [9.17, 15) is 5.11 Å². The molecule has 0 saturated carbocycles. The number of ether oxygens (including phenoxy) is 1.